The maximum absolute atomic E-state index is 14.3. The van der Waals surface area contributed by atoms with E-state index in [0.717, 1.165) is 19.6 Å². The maximum atomic E-state index is 14.3. The second kappa shape index (κ2) is 12.2. The highest BCUT2D eigenvalue weighted by atomic mass is 32.2. The lowest BCUT2D eigenvalue weighted by Gasteiger charge is -2.53. The van der Waals surface area contributed by atoms with Gasteiger partial charge in [0.15, 0.2) is 5.60 Å². The van der Waals surface area contributed by atoms with Crippen LogP contribution in [0.3, 0.4) is 0 Å². The summed E-state index contributed by atoms with van der Waals surface area (Å²) in [6, 6.07) is 18.2. The fraction of sp³-hybridized carbons (Fsp3) is 0.462. The van der Waals surface area contributed by atoms with Crippen molar-refractivity contribution in [2.45, 2.75) is 70.1 Å². The van der Waals surface area contributed by atoms with E-state index >= 15 is 0 Å². The van der Waals surface area contributed by atoms with Gasteiger partial charge in [0.05, 0.1) is 5.41 Å². The Kier molecular flexibility index (Phi) is 8.36. The predicted molar refractivity (Wildman–Crippen MR) is 187 cm³/mol. The highest BCUT2D eigenvalue weighted by Gasteiger charge is 2.75. The van der Waals surface area contributed by atoms with Crippen LogP contribution in [-0.4, -0.2) is 65.4 Å². The SMILES string of the molecule is CC1=C(c2ccc(O)cc2)[C@@](c2ccc(OCCN3CCCCC3)cc2)(C([C@]23CCC(CC2=O)C3(C)C)S(=O)(=O)O)Oc2cc(O)ccc21. The van der Waals surface area contributed by atoms with Crippen molar-refractivity contribution < 1.29 is 37.5 Å². The summed E-state index contributed by atoms with van der Waals surface area (Å²) < 4.78 is 53.3. The lowest BCUT2D eigenvalue weighted by molar-refractivity contribution is -0.132. The third-order valence-electron chi connectivity index (χ3n) is 12.1. The number of nitrogens with zero attached hydrogens (tertiary/aromatic N) is 1. The summed E-state index contributed by atoms with van der Waals surface area (Å²) >= 11 is 0. The monoisotopic (exact) mass is 687 g/mol. The molecule has 10 heteroatoms. The molecule has 2 unspecified atom stereocenters. The van der Waals surface area contributed by atoms with Gasteiger partial charge in [-0.3, -0.25) is 14.2 Å². The Balaban J connectivity index is 1.46. The van der Waals surface area contributed by atoms with E-state index < -0.39 is 31.8 Å². The molecule has 7 rings (SSSR count). The van der Waals surface area contributed by atoms with Crippen LogP contribution < -0.4 is 9.47 Å². The molecule has 2 saturated carbocycles. The molecule has 9 nitrogen and oxygen atoms in total. The summed E-state index contributed by atoms with van der Waals surface area (Å²) in [6.45, 7) is 9.12. The van der Waals surface area contributed by atoms with Crippen LogP contribution in [0, 0.1) is 16.7 Å². The third kappa shape index (κ3) is 5.34. The van der Waals surface area contributed by atoms with Crippen LogP contribution in [0.15, 0.2) is 66.7 Å². The standard InChI is InChI=1S/C39H45NO8S/c1-25-32-16-13-30(42)24-33(32)48-39(35(25)26-7-11-29(41)12-8-26,27-9-14-31(15-10-27)47-22-21-40-19-5-4-6-20-40)36(49(44,45)46)38-18-17-28(23-34(38)43)37(38,2)3/h7-16,24,28,36,41-42H,4-6,17-23H2,1-3H3,(H,44,45,46)/t28?,36?,38-,39-/m0/s1. The molecule has 260 valence electrons. The zero-order valence-electron chi connectivity index (χ0n) is 28.3. The van der Waals surface area contributed by atoms with Gasteiger partial charge in [0.2, 0.25) is 0 Å². The minimum Gasteiger partial charge on any atom is -0.508 e. The number of rotatable bonds is 9. The molecule has 3 aromatic carbocycles. The topological polar surface area (TPSA) is 134 Å². The summed E-state index contributed by atoms with van der Waals surface area (Å²) in [6.07, 6.45) is 4.75. The summed E-state index contributed by atoms with van der Waals surface area (Å²) in [5.41, 5.74) is -1.56. The van der Waals surface area contributed by atoms with Crippen LogP contribution in [0.25, 0.3) is 11.1 Å². The van der Waals surface area contributed by atoms with Crippen LogP contribution >= 0.6 is 0 Å². The molecule has 4 atom stereocenters. The number of ether oxygens (including phenoxy) is 2. The second-order valence-electron chi connectivity index (χ2n) is 14.8. The first-order valence-corrected chi connectivity index (χ1v) is 18.8. The molecule has 0 amide bonds. The molecule has 2 aliphatic carbocycles. The van der Waals surface area contributed by atoms with Gasteiger partial charge in [0, 0.05) is 35.7 Å². The molecule has 0 radical (unpaired) electrons. The average Bonchev–Trinajstić information content (AvgIpc) is 3.41. The summed E-state index contributed by atoms with van der Waals surface area (Å²) in [5.74, 6) is 0.504. The number of allylic oxidation sites excluding steroid dienone is 1. The van der Waals surface area contributed by atoms with Gasteiger partial charge in [-0.2, -0.15) is 8.42 Å². The second-order valence-corrected chi connectivity index (χ2v) is 16.3. The zero-order valence-corrected chi connectivity index (χ0v) is 29.1. The Morgan fingerprint density at radius 2 is 1.63 bits per heavy atom. The molecule has 3 aromatic rings. The molecule has 49 heavy (non-hydrogen) atoms. The fourth-order valence-corrected chi connectivity index (χ4v) is 11.3. The highest BCUT2D eigenvalue weighted by Crippen LogP contribution is 2.70. The molecule has 1 saturated heterocycles. The minimum absolute atomic E-state index is 0.0244. The number of piperidine rings is 1. The smallest absolute Gasteiger partial charge is 0.273 e. The number of ketones is 1. The molecule has 4 aliphatic rings. The minimum atomic E-state index is -5.05. The number of benzene rings is 3. The Morgan fingerprint density at radius 1 is 0.959 bits per heavy atom. The van der Waals surface area contributed by atoms with Crippen LogP contribution in [0.5, 0.6) is 23.0 Å². The van der Waals surface area contributed by atoms with E-state index in [9.17, 15) is 28.0 Å². The fourth-order valence-electron chi connectivity index (χ4n) is 9.55. The Labute approximate surface area is 288 Å². The Hall–Kier alpha value is -3.86. The van der Waals surface area contributed by atoms with Gasteiger partial charge in [-0.25, -0.2) is 0 Å². The van der Waals surface area contributed by atoms with Crippen molar-refractivity contribution in [1.82, 2.24) is 4.90 Å². The van der Waals surface area contributed by atoms with E-state index in [1.54, 1.807) is 42.5 Å². The predicted octanol–water partition coefficient (Wildman–Crippen LogP) is 6.83. The first-order chi connectivity index (χ1) is 23.3. The Morgan fingerprint density at radius 3 is 2.24 bits per heavy atom. The van der Waals surface area contributed by atoms with E-state index in [1.807, 2.05) is 20.8 Å². The molecule has 0 spiro atoms. The van der Waals surface area contributed by atoms with Gasteiger partial charge in [-0.05, 0) is 105 Å². The van der Waals surface area contributed by atoms with Crippen molar-refractivity contribution in [2.75, 3.05) is 26.2 Å². The quantitative estimate of drug-likeness (QED) is 0.207. The Bertz CT molecular complexity index is 1900. The molecular formula is C39H45NO8S. The normalized spacial score (nSPS) is 27.1. The number of phenols is 2. The van der Waals surface area contributed by atoms with Crippen LogP contribution in [0.1, 0.15) is 76.0 Å². The number of hydrogen-bond acceptors (Lipinski definition) is 8. The van der Waals surface area contributed by atoms with Crippen molar-refractivity contribution in [2.24, 2.45) is 16.7 Å². The van der Waals surface area contributed by atoms with Crippen LogP contribution in [0.4, 0.5) is 0 Å². The van der Waals surface area contributed by atoms with E-state index in [-0.39, 0.29) is 41.8 Å². The lowest BCUT2D eigenvalue weighted by Crippen LogP contribution is -2.63. The first kappa shape index (κ1) is 33.6. The number of fused-ring (bicyclic) bond motifs is 3. The molecular weight excluding hydrogens is 642 g/mol. The summed E-state index contributed by atoms with van der Waals surface area (Å²) in [4.78, 5) is 16.7. The number of Topliss-reactive ketones (excluding diaryl/α,β-unsaturated/α-hetero) is 1. The summed E-state index contributed by atoms with van der Waals surface area (Å²) in [7, 11) is -5.05. The molecule has 3 N–H and O–H groups in total. The van der Waals surface area contributed by atoms with Gasteiger partial charge >= 0.3 is 0 Å². The van der Waals surface area contributed by atoms with E-state index in [2.05, 4.69) is 4.90 Å². The van der Waals surface area contributed by atoms with Crippen molar-refractivity contribution in [3.8, 4) is 23.0 Å². The summed E-state index contributed by atoms with van der Waals surface area (Å²) in [5, 5.41) is 19.1. The number of likely N-dealkylation sites (tertiary alicyclic amines) is 1. The zero-order chi connectivity index (χ0) is 34.8. The maximum Gasteiger partial charge on any atom is 0.273 e. The number of phenolic OH excluding ortho intramolecular Hbond substituents is 2. The number of hydrogen-bond donors (Lipinski definition) is 3. The van der Waals surface area contributed by atoms with E-state index in [1.165, 1.54) is 43.5 Å². The molecule has 2 bridgehead atoms. The van der Waals surface area contributed by atoms with Gasteiger partial charge < -0.3 is 19.7 Å². The van der Waals surface area contributed by atoms with Gasteiger partial charge in [0.25, 0.3) is 10.1 Å². The average molecular weight is 688 g/mol. The van der Waals surface area contributed by atoms with Crippen molar-refractivity contribution >= 4 is 27.0 Å². The van der Waals surface area contributed by atoms with Crippen LogP contribution in [-0.2, 0) is 20.5 Å². The third-order valence-corrected chi connectivity index (χ3v) is 13.4. The van der Waals surface area contributed by atoms with Crippen molar-refractivity contribution in [1.29, 1.82) is 0 Å². The lowest BCUT2D eigenvalue weighted by atomic mass is 9.59. The highest BCUT2D eigenvalue weighted by molar-refractivity contribution is 7.86. The number of carbonyl (C=O) groups excluding carboxylic acids is 1. The number of carbonyl (C=O) groups is 1. The van der Waals surface area contributed by atoms with Gasteiger partial charge in [-0.1, -0.05) is 44.5 Å². The largest absolute Gasteiger partial charge is 0.508 e. The van der Waals surface area contributed by atoms with E-state index in [0.29, 0.717) is 46.6 Å². The van der Waals surface area contributed by atoms with Crippen molar-refractivity contribution in [3.05, 3.63) is 83.4 Å². The molecule has 2 heterocycles. The first-order valence-electron chi connectivity index (χ1n) is 17.3. The van der Waals surface area contributed by atoms with Gasteiger partial charge in [-0.15, -0.1) is 0 Å². The van der Waals surface area contributed by atoms with E-state index in [4.69, 9.17) is 9.47 Å². The van der Waals surface area contributed by atoms with Crippen LogP contribution in [0.2, 0.25) is 0 Å². The number of aromatic hydroxyl groups is 2. The molecule has 3 fully saturated rings. The van der Waals surface area contributed by atoms with Gasteiger partial charge in [0.1, 0.15) is 40.6 Å². The van der Waals surface area contributed by atoms with Crippen molar-refractivity contribution in [3.63, 3.8) is 0 Å². The molecule has 2 aliphatic heterocycles. The molecule has 0 aromatic heterocycles.